The van der Waals surface area contributed by atoms with E-state index in [1.165, 1.54) is 17.0 Å². The van der Waals surface area contributed by atoms with Crippen molar-refractivity contribution in [3.8, 4) is 6.07 Å². The molecule has 1 atom stereocenters. The Morgan fingerprint density at radius 1 is 1.09 bits per heavy atom. The molecule has 0 saturated carbocycles. The van der Waals surface area contributed by atoms with Crippen molar-refractivity contribution in [2.75, 3.05) is 0 Å². The summed E-state index contributed by atoms with van der Waals surface area (Å²) in [5.41, 5.74) is 6.70. The van der Waals surface area contributed by atoms with Crippen molar-refractivity contribution in [1.82, 2.24) is 4.98 Å². The van der Waals surface area contributed by atoms with Crippen molar-refractivity contribution in [1.29, 1.82) is 5.26 Å². The van der Waals surface area contributed by atoms with E-state index in [0.717, 1.165) is 30.5 Å². The molecule has 0 fully saturated rings. The van der Waals surface area contributed by atoms with Gasteiger partial charge in [0.05, 0.1) is 17.3 Å². The maximum atomic E-state index is 9.02. The van der Waals surface area contributed by atoms with Crippen molar-refractivity contribution in [3.05, 3.63) is 76.8 Å². The molecular weight excluding hydrogens is 270 g/mol. The van der Waals surface area contributed by atoms with E-state index in [1.54, 1.807) is 0 Å². The Hall–Kier alpha value is -2.73. The zero-order valence-corrected chi connectivity index (χ0v) is 12.2. The number of aliphatic imine (C=N–C) groups is 1. The van der Waals surface area contributed by atoms with Gasteiger partial charge in [0.1, 0.15) is 0 Å². The Balaban J connectivity index is 1.55. The first-order valence-electron chi connectivity index (χ1n) is 7.53. The Kier molecular flexibility index (Phi) is 3.08. The largest absolute Gasteiger partial charge is 0.261 e. The van der Waals surface area contributed by atoms with Gasteiger partial charge in [-0.15, -0.1) is 0 Å². The zero-order chi connectivity index (χ0) is 14.9. The van der Waals surface area contributed by atoms with Crippen LogP contribution in [0.25, 0.3) is 0 Å². The van der Waals surface area contributed by atoms with Crippen molar-refractivity contribution in [2.45, 2.75) is 25.2 Å². The summed E-state index contributed by atoms with van der Waals surface area (Å²) in [6.07, 6.45) is 4.81. The summed E-state index contributed by atoms with van der Waals surface area (Å²) in [6, 6.07) is 16.0. The van der Waals surface area contributed by atoms with E-state index in [2.05, 4.69) is 17.1 Å². The number of hydrogen-bond donors (Lipinski definition) is 0. The molecule has 22 heavy (non-hydrogen) atoms. The van der Waals surface area contributed by atoms with Crippen molar-refractivity contribution >= 4 is 5.71 Å². The first-order chi connectivity index (χ1) is 10.8. The fourth-order valence-corrected chi connectivity index (χ4v) is 3.33. The van der Waals surface area contributed by atoms with Gasteiger partial charge in [0.25, 0.3) is 0 Å². The molecule has 4 rings (SSSR count). The molecule has 3 heteroatoms. The Morgan fingerprint density at radius 3 is 2.82 bits per heavy atom. The fraction of sp³-hybridized carbons (Fsp3) is 0.211. The van der Waals surface area contributed by atoms with E-state index in [-0.39, 0.29) is 0 Å². The monoisotopic (exact) mass is 285 g/mol. The molecule has 0 spiro atoms. The standard InChI is InChI=1S/C19H15N3/c20-12-13-4-3-5-14(8-13)18-11-16-9-15(10-19(16)22-18)17-6-1-2-7-21-17/h1-8,15H,9-11H2. The minimum atomic E-state index is 0.474. The number of nitrogens with zero attached hydrogens (tertiary/aromatic N) is 3. The molecule has 1 unspecified atom stereocenters. The average molecular weight is 285 g/mol. The van der Waals surface area contributed by atoms with Gasteiger partial charge in [-0.2, -0.15) is 5.26 Å². The summed E-state index contributed by atoms with van der Waals surface area (Å²) in [4.78, 5) is 9.31. The SMILES string of the molecule is N#Cc1cccc(C2=NC3=C(C2)CC(c2ccccn2)C3)c1. The highest BCUT2D eigenvalue weighted by atomic mass is 14.8. The molecule has 2 heterocycles. The average Bonchev–Trinajstić information content (AvgIpc) is 3.14. The first kappa shape index (κ1) is 13.0. The molecule has 1 aliphatic heterocycles. The van der Waals surface area contributed by atoms with Crippen molar-refractivity contribution in [3.63, 3.8) is 0 Å². The molecular formula is C19H15N3. The van der Waals surface area contributed by atoms with Crippen LogP contribution >= 0.6 is 0 Å². The number of benzene rings is 1. The zero-order valence-electron chi connectivity index (χ0n) is 12.2. The maximum Gasteiger partial charge on any atom is 0.0991 e. The number of allylic oxidation sites excluding steroid dienone is 2. The minimum Gasteiger partial charge on any atom is -0.261 e. The first-order valence-corrected chi connectivity index (χ1v) is 7.53. The van der Waals surface area contributed by atoms with Crippen LogP contribution in [-0.4, -0.2) is 10.7 Å². The highest BCUT2D eigenvalue weighted by Crippen LogP contribution is 2.43. The van der Waals surface area contributed by atoms with Crippen LogP contribution in [-0.2, 0) is 0 Å². The maximum absolute atomic E-state index is 9.02. The number of pyridine rings is 1. The van der Waals surface area contributed by atoms with Gasteiger partial charge in [0, 0.05) is 29.9 Å². The summed E-state index contributed by atoms with van der Waals surface area (Å²) < 4.78 is 0. The van der Waals surface area contributed by atoms with E-state index in [4.69, 9.17) is 10.3 Å². The third-order valence-electron chi connectivity index (χ3n) is 4.42. The molecule has 106 valence electrons. The highest BCUT2D eigenvalue weighted by Gasteiger charge is 2.30. The lowest BCUT2D eigenvalue weighted by molar-refractivity contribution is 0.697. The molecule has 0 bridgehead atoms. The number of aromatic nitrogens is 1. The lowest BCUT2D eigenvalue weighted by Crippen LogP contribution is -2.03. The van der Waals surface area contributed by atoms with Crippen molar-refractivity contribution < 1.29 is 0 Å². The van der Waals surface area contributed by atoms with Gasteiger partial charge in [-0.1, -0.05) is 18.2 Å². The molecule has 0 amide bonds. The molecule has 1 aromatic carbocycles. The van der Waals surface area contributed by atoms with E-state index in [9.17, 15) is 0 Å². The van der Waals surface area contributed by atoms with Crippen LogP contribution in [0.4, 0.5) is 0 Å². The molecule has 2 aliphatic rings. The lowest BCUT2D eigenvalue weighted by Gasteiger charge is -2.11. The Bertz CT molecular complexity index is 825. The van der Waals surface area contributed by atoms with Crippen LogP contribution in [0.15, 0.2) is 64.9 Å². The Labute approximate surface area is 129 Å². The van der Waals surface area contributed by atoms with E-state index >= 15 is 0 Å². The second kappa shape index (κ2) is 5.23. The van der Waals surface area contributed by atoms with Crippen molar-refractivity contribution in [2.24, 2.45) is 4.99 Å². The summed E-state index contributed by atoms with van der Waals surface area (Å²) in [6.45, 7) is 0. The van der Waals surface area contributed by atoms with Gasteiger partial charge in [-0.05, 0) is 48.2 Å². The lowest BCUT2D eigenvalue weighted by atomic mass is 9.96. The quantitative estimate of drug-likeness (QED) is 0.838. The predicted octanol–water partition coefficient (Wildman–Crippen LogP) is 3.98. The van der Waals surface area contributed by atoms with E-state index < -0.39 is 0 Å². The third-order valence-corrected chi connectivity index (χ3v) is 4.42. The Morgan fingerprint density at radius 2 is 2.05 bits per heavy atom. The van der Waals surface area contributed by atoms with E-state index in [0.29, 0.717) is 11.5 Å². The fourth-order valence-electron chi connectivity index (χ4n) is 3.33. The summed E-state index contributed by atoms with van der Waals surface area (Å²) in [7, 11) is 0. The van der Waals surface area contributed by atoms with Crippen LogP contribution in [0.5, 0.6) is 0 Å². The van der Waals surface area contributed by atoms with Crippen LogP contribution in [0, 0.1) is 11.3 Å². The van der Waals surface area contributed by atoms with E-state index in [1.807, 2.05) is 42.6 Å². The smallest absolute Gasteiger partial charge is 0.0991 e. The van der Waals surface area contributed by atoms with Gasteiger partial charge in [0.15, 0.2) is 0 Å². The minimum absolute atomic E-state index is 0.474. The van der Waals surface area contributed by atoms with Crippen LogP contribution in [0.3, 0.4) is 0 Å². The molecule has 0 N–H and O–H groups in total. The molecule has 1 aliphatic carbocycles. The van der Waals surface area contributed by atoms with Gasteiger partial charge >= 0.3 is 0 Å². The van der Waals surface area contributed by atoms with Crippen LogP contribution < -0.4 is 0 Å². The van der Waals surface area contributed by atoms with Gasteiger partial charge in [-0.3, -0.25) is 9.98 Å². The normalized spacial score (nSPS) is 19.8. The van der Waals surface area contributed by atoms with Gasteiger partial charge < -0.3 is 0 Å². The second-order valence-electron chi connectivity index (χ2n) is 5.84. The summed E-state index contributed by atoms with van der Waals surface area (Å²) >= 11 is 0. The topological polar surface area (TPSA) is 49.0 Å². The summed E-state index contributed by atoms with van der Waals surface area (Å²) in [5, 5.41) is 9.02. The summed E-state index contributed by atoms with van der Waals surface area (Å²) in [5.74, 6) is 0.474. The molecule has 0 saturated heterocycles. The second-order valence-corrected chi connectivity index (χ2v) is 5.84. The van der Waals surface area contributed by atoms with Gasteiger partial charge in [-0.25, -0.2) is 0 Å². The number of hydrogen-bond acceptors (Lipinski definition) is 3. The number of nitriles is 1. The van der Waals surface area contributed by atoms with Crippen LogP contribution in [0.1, 0.15) is 42.0 Å². The molecule has 0 radical (unpaired) electrons. The molecule has 1 aromatic heterocycles. The van der Waals surface area contributed by atoms with Gasteiger partial charge in [0.2, 0.25) is 0 Å². The molecule has 3 nitrogen and oxygen atoms in total. The van der Waals surface area contributed by atoms with Crippen LogP contribution in [0.2, 0.25) is 0 Å². The highest BCUT2D eigenvalue weighted by molar-refractivity contribution is 6.04. The molecule has 2 aromatic rings. The third kappa shape index (κ3) is 2.23. The number of rotatable bonds is 2. The predicted molar refractivity (Wildman–Crippen MR) is 85.5 cm³/mol.